The lowest BCUT2D eigenvalue weighted by atomic mass is 10.2. The molecule has 0 radical (unpaired) electrons. The predicted octanol–water partition coefficient (Wildman–Crippen LogP) is 3.09. The molecule has 13 heteroatoms. The maximum absolute atomic E-state index is 12.5. The molecule has 0 atom stereocenters. The molecule has 0 spiro atoms. The van der Waals surface area contributed by atoms with Gasteiger partial charge in [-0.3, -0.25) is 20.2 Å². The van der Waals surface area contributed by atoms with Crippen LogP contribution >= 0.6 is 23.2 Å². The highest BCUT2D eigenvalue weighted by atomic mass is 35.5. The third-order valence-corrected chi connectivity index (χ3v) is 5.70. The van der Waals surface area contributed by atoms with Gasteiger partial charge in [0.2, 0.25) is 0 Å². The number of rotatable bonds is 6. The molecule has 0 aliphatic rings. The summed E-state index contributed by atoms with van der Waals surface area (Å²) >= 11 is 11.6. The van der Waals surface area contributed by atoms with Crippen molar-refractivity contribution in [1.82, 2.24) is 0 Å². The fourth-order valence-corrected chi connectivity index (χ4v) is 4.29. The maximum atomic E-state index is 12.5. The van der Waals surface area contributed by atoms with E-state index in [9.17, 15) is 28.6 Å². The van der Waals surface area contributed by atoms with Crippen LogP contribution in [0.25, 0.3) is 0 Å². The van der Waals surface area contributed by atoms with Gasteiger partial charge in [0.15, 0.2) is 9.84 Å². The quantitative estimate of drug-likeness (QED) is 0.396. The van der Waals surface area contributed by atoms with Crippen molar-refractivity contribution in [2.24, 2.45) is 0 Å². The second-order valence-electron chi connectivity index (χ2n) is 5.55. The molecule has 0 saturated heterocycles. The van der Waals surface area contributed by atoms with Gasteiger partial charge in [0, 0.05) is 24.3 Å². The molecular formula is C14H12Cl2N4O6S. The van der Waals surface area contributed by atoms with E-state index in [1.54, 1.807) is 0 Å². The van der Waals surface area contributed by atoms with E-state index in [2.05, 4.69) is 0 Å². The first-order valence-electron chi connectivity index (χ1n) is 7.06. The summed E-state index contributed by atoms with van der Waals surface area (Å²) in [6.45, 7) is 0. The van der Waals surface area contributed by atoms with Crippen LogP contribution in [0.4, 0.5) is 22.7 Å². The first-order valence-corrected chi connectivity index (χ1v) is 9.64. The van der Waals surface area contributed by atoms with E-state index < -0.39 is 42.6 Å². The fraction of sp³-hybridized carbons (Fsp3) is 0.143. The number of benzene rings is 2. The molecule has 0 fully saturated rings. The Morgan fingerprint density at radius 3 is 1.44 bits per heavy atom. The summed E-state index contributed by atoms with van der Waals surface area (Å²) in [4.78, 5) is 20.4. The van der Waals surface area contributed by atoms with E-state index in [1.165, 1.54) is 0 Å². The molecule has 0 aliphatic carbocycles. The smallest absolute Gasteiger partial charge is 0.271 e. The number of nitro benzene ring substituents is 2. The van der Waals surface area contributed by atoms with Crippen LogP contribution in [0, 0.1) is 20.2 Å². The molecular weight excluding hydrogens is 423 g/mol. The number of anilines is 2. The van der Waals surface area contributed by atoms with Crippen molar-refractivity contribution in [3.8, 4) is 0 Å². The molecule has 2 aromatic rings. The van der Waals surface area contributed by atoms with E-state index in [-0.39, 0.29) is 32.5 Å². The summed E-state index contributed by atoms with van der Waals surface area (Å²) < 4.78 is 25.0. The normalized spacial score (nSPS) is 11.3. The van der Waals surface area contributed by atoms with Crippen LogP contribution in [-0.2, 0) is 21.3 Å². The lowest BCUT2D eigenvalue weighted by Crippen LogP contribution is -2.11. The lowest BCUT2D eigenvalue weighted by Gasteiger charge is -2.11. The van der Waals surface area contributed by atoms with Gasteiger partial charge >= 0.3 is 0 Å². The maximum Gasteiger partial charge on any atom is 0.271 e. The summed E-state index contributed by atoms with van der Waals surface area (Å²) in [5, 5.41) is 21.5. The molecule has 2 rings (SSSR count). The van der Waals surface area contributed by atoms with E-state index in [0.29, 0.717) is 0 Å². The van der Waals surface area contributed by atoms with Crippen molar-refractivity contribution >= 4 is 55.8 Å². The molecule has 10 nitrogen and oxygen atoms in total. The second kappa shape index (κ2) is 7.55. The third kappa shape index (κ3) is 4.76. The summed E-state index contributed by atoms with van der Waals surface area (Å²) in [5.74, 6) is -1.36. The Morgan fingerprint density at radius 1 is 0.815 bits per heavy atom. The van der Waals surface area contributed by atoms with Crippen LogP contribution in [0.15, 0.2) is 24.3 Å². The Balaban J connectivity index is 2.42. The molecule has 0 heterocycles. The zero-order chi connectivity index (χ0) is 20.5. The van der Waals surface area contributed by atoms with E-state index in [4.69, 9.17) is 34.7 Å². The number of hydrogen-bond donors (Lipinski definition) is 2. The van der Waals surface area contributed by atoms with Gasteiger partial charge in [-0.15, -0.1) is 0 Å². The van der Waals surface area contributed by atoms with Crippen LogP contribution in [0.3, 0.4) is 0 Å². The Labute approximate surface area is 162 Å². The Kier molecular flexibility index (Phi) is 5.78. The van der Waals surface area contributed by atoms with Crippen LogP contribution in [0.5, 0.6) is 0 Å². The Bertz CT molecular complexity index is 981. The van der Waals surface area contributed by atoms with Gasteiger partial charge in [-0.05, 0) is 11.1 Å². The van der Waals surface area contributed by atoms with Crippen molar-refractivity contribution in [2.45, 2.75) is 11.5 Å². The highest BCUT2D eigenvalue weighted by Crippen LogP contribution is 2.33. The zero-order valence-corrected chi connectivity index (χ0v) is 15.7. The molecule has 4 N–H and O–H groups in total. The minimum atomic E-state index is -3.97. The van der Waals surface area contributed by atoms with Crippen LogP contribution in [0.1, 0.15) is 11.1 Å². The Morgan fingerprint density at radius 2 is 1.15 bits per heavy atom. The number of hydrogen-bond acceptors (Lipinski definition) is 8. The third-order valence-electron chi connectivity index (χ3n) is 3.57. The lowest BCUT2D eigenvalue weighted by molar-refractivity contribution is -0.385. The minimum absolute atomic E-state index is 0.0655. The van der Waals surface area contributed by atoms with Crippen molar-refractivity contribution in [1.29, 1.82) is 0 Å². The average molecular weight is 435 g/mol. The second-order valence-corrected chi connectivity index (χ2v) is 8.43. The number of nitrogen functional groups attached to an aromatic ring is 2. The van der Waals surface area contributed by atoms with E-state index in [1.807, 2.05) is 0 Å². The van der Waals surface area contributed by atoms with Crippen molar-refractivity contribution in [2.75, 3.05) is 11.5 Å². The topological polar surface area (TPSA) is 172 Å². The van der Waals surface area contributed by atoms with Gasteiger partial charge in [0.1, 0.15) is 0 Å². The Hall–Kier alpha value is -2.63. The minimum Gasteiger partial charge on any atom is -0.397 e. The van der Waals surface area contributed by atoms with Crippen LogP contribution in [-0.4, -0.2) is 18.3 Å². The van der Waals surface area contributed by atoms with E-state index in [0.717, 1.165) is 24.3 Å². The summed E-state index contributed by atoms with van der Waals surface area (Å²) in [6.07, 6.45) is 0. The predicted molar refractivity (Wildman–Crippen MR) is 101 cm³/mol. The number of nitro groups is 2. The molecule has 27 heavy (non-hydrogen) atoms. The molecule has 0 aliphatic heterocycles. The number of nitrogens with zero attached hydrogens (tertiary/aromatic N) is 2. The van der Waals surface area contributed by atoms with Crippen molar-refractivity contribution in [3.63, 3.8) is 0 Å². The molecule has 0 amide bonds. The average Bonchev–Trinajstić information content (AvgIpc) is 2.54. The van der Waals surface area contributed by atoms with Gasteiger partial charge in [-0.2, -0.15) is 0 Å². The van der Waals surface area contributed by atoms with Crippen LogP contribution < -0.4 is 11.5 Å². The summed E-state index contributed by atoms with van der Waals surface area (Å²) in [7, 11) is -3.97. The van der Waals surface area contributed by atoms with Gasteiger partial charge < -0.3 is 11.5 Å². The molecule has 0 bridgehead atoms. The largest absolute Gasteiger partial charge is 0.397 e. The summed E-state index contributed by atoms with van der Waals surface area (Å²) in [5.41, 5.74) is 10.2. The molecule has 144 valence electrons. The molecule has 0 aromatic heterocycles. The van der Waals surface area contributed by atoms with Gasteiger partial charge in [-0.25, -0.2) is 8.42 Å². The SMILES string of the molecule is Nc1c(Cl)cc([N+](=O)[O-])cc1CS(=O)(=O)Cc1cc([N+](=O)[O-])cc(Cl)c1N. The molecule has 0 unspecified atom stereocenters. The summed E-state index contributed by atoms with van der Waals surface area (Å²) in [6, 6.07) is 4.02. The van der Waals surface area contributed by atoms with Crippen molar-refractivity contribution < 1.29 is 18.3 Å². The van der Waals surface area contributed by atoms with Crippen LogP contribution in [0.2, 0.25) is 10.0 Å². The molecule has 2 aromatic carbocycles. The number of halogens is 2. The highest BCUT2D eigenvalue weighted by Gasteiger charge is 2.23. The monoisotopic (exact) mass is 434 g/mol. The van der Waals surface area contributed by atoms with Gasteiger partial charge in [0.25, 0.3) is 11.4 Å². The van der Waals surface area contributed by atoms with Gasteiger partial charge in [-0.1, -0.05) is 23.2 Å². The van der Waals surface area contributed by atoms with E-state index >= 15 is 0 Å². The highest BCUT2D eigenvalue weighted by molar-refractivity contribution is 7.89. The van der Waals surface area contributed by atoms with Crippen molar-refractivity contribution in [3.05, 3.63) is 65.7 Å². The number of sulfone groups is 1. The van der Waals surface area contributed by atoms with Gasteiger partial charge in [0.05, 0.1) is 42.8 Å². The zero-order valence-electron chi connectivity index (χ0n) is 13.4. The first-order chi connectivity index (χ1) is 12.4. The fourth-order valence-electron chi connectivity index (χ4n) is 2.29. The number of non-ortho nitro benzene ring substituents is 2. The first kappa shape index (κ1) is 20.7. The molecule has 0 saturated carbocycles. The standard InChI is InChI=1S/C14H12Cl2N4O6S/c15-11-3-9(19(21)22)1-7(13(11)17)5-27(25,26)6-8-2-10(20(23)24)4-12(16)14(8)18/h1-4H,5-6,17-18H2. The number of nitrogens with two attached hydrogens (primary N) is 2.